The Balaban J connectivity index is 1.49. The van der Waals surface area contributed by atoms with Crippen molar-refractivity contribution in [3.8, 4) is 11.6 Å². The molecule has 1 aliphatic rings. The van der Waals surface area contributed by atoms with Crippen molar-refractivity contribution in [1.82, 2.24) is 30.0 Å². The van der Waals surface area contributed by atoms with Crippen LogP contribution in [0, 0.1) is 6.92 Å². The summed E-state index contributed by atoms with van der Waals surface area (Å²) < 4.78 is 10.4. The molecule has 4 heterocycles. The van der Waals surface area contributed by atoms with Crippen molar-refractivity contribution in [3.63, 3.8) is 0 Å². The van der Waals surface area contributed by atoms with E-state index >= 15 is 0 Å². The Labute approximate surface area is 136 Å². The Morgan fingerprint density at radius 1 is 1.33 bits per heavy atom. The summed E-state index contributed by atoms with van der Waals surface area (Å²) in [5.41, 5.74) is 1.12. The fraction of sp³-hybridized carbons (Fsp3) is 0.333. The van der Waals surface area contributed by atoms with E-state index < -0.39 is 0 Å². The molecule has 24 heavy (non-hydrogen) atoms. The summed E-state index contributed by atoms with van der Waals surface area (Å²) in [5.74, 6) is 1.04. The summed E-state index contributed by atoms with van der Waals surface area (Å²) >= 11 is 0. The molecule has 9 heteroatoms. The van der Waals surface area contributed by atoms with Gasteiger partial charge in [0.25, 0.3) is 11.8 Å². The average molecular weight is 326 g/mol. The molecule has 0 aromatic carbocycles. The third kappa shape index (κ3) is 2.53. The van der Waals surface area contributed by atoms with Crippen molar-refractivity contribution in [2.75, 3.05) is 13.1 Å². The molecule has 0 aliphatic carbocycles. The van der Waals surface area contributed by atoms with E-state index in [4.69, 9.17) is 8.94 Å². The number of carbonyl (C=O) groups is 1. The lowest BCUT2D eigenvalue weighted by atomic mass is 10.1. The van der Waals surface area contributed by atoms with Crippen LogP contribution >= 0.6 is 0 Å². The maximum atomic E-state index is 12.4. The molecule has 0 spiro atoms. The first-order valence-corrected chi connectivity index (χ1v) is 7.51. The van der Waals surface area contributed by atoms with Gasteiger partial charge in [-0.15, -0.1) is 0 Å². The molecule has 3 aromatic heterocycles. The van der Waals surface area contributed by atoms with Gasteiger partial charge in [0, 0.05) is 31.4 Å². The van der Waals surface area contributed by atoms with Crippen LogP contribution in [-0.4, -0.2) is 49.0 Å². The van der Waals surface area contributed by atoms with Gasteiger partial charge >= 0.3 is 0 Å². The topological polar surface area (TPSA) is 111 Å². The molecule has 0 radical (unpaired) electrons. The molecule has 1 fully saturated rings. The Morgan fingerprint density at radius 2 is 2.25 bits per heavy atom. The first-order chi connectivity index (χ1) is 11.7. The fourth-order valence-electron chi connectivity index (χ4n) is 2.72. The normalized spacial score (nSPS) is 17.4. The third-order valence-corrected chi connectivity index (χ3v) is 4.00. The van der Waals surface area contributed by atoms with Crippen molar-refractivity contribution >= 4 is 5.91 Å². The van der Waals surface area contributed by atoms with E-state index in [1.165, 1.54) is 6.39 Å². The molecule has 1 saturated heterocycles. The lowest BCUT2D eigenvalue weighted by Crippen LogP contribution is -2.28. The lowest BCUT2D eigenvalue weighted by Gasteiger charge is -2.14. The van der Waals surface area contributed by atoms with Crippen molar-refractivity contribution in [1.29, 1.82) is 0 Å². The van der Waals surface area contributed by atoms with Gasteiger partial charge in [-0.3, -0.25) is 9.78 Å². The fourth-order valence-corrected chi connectivity index (χ4v) is 2.72. The highest BCUT2D eigenvalue weighted by Crippen LogP contribution is 2.28. The molecular formula is C15H14N6O3. The van der Waals surface area contributed by atoms with Crippen molar-refractivity contribution < 1.29 is 13.7 Å². The average Bonchev–Trinajstić information content (AvgIpc) is 3.35. The van der Waals surface area contributed by atoms with Crippen LogP contribution in [0.25, 0.3) is 11.6 Å². The van der Waals surface area contributed by atoms with Crippen molar-refractivity contribution in [2.45, 2.75) is 19.3 Å². The van der Waals surface area contributed by atoms with Crippen LogP contribution in [0.1, 0.15) is 34.4 Å². The summed E-state index contributed by atoms with van der Waals surface area (Å²) in [5, 5.41) is 4.02. The second-order valence-electron chi connectivity index (χ2n) is 5.55. The smallest absolute Gasteiger partial charge is 0.291 e. The van der Waals surface area contributed by atoms with Crippen LogP contribution in [0.5, 0.6) is 0 Å². The maximum Gasteiger partial charge on any atom is 0.291 e. The molecule has 1 amide bonds. The van der Waals surface area contributed by atoms with Crippen LogP contribution in [0.4, 0.5) is 0 Å². The SMILES string of the molecule is Cc1ncoc1C(=O)N1CCC(c2noc(-c3cnccn3)n2)C1. The van der Waals surface area contributed by atoms with Crippen molar-refractivity contribution in [3.05, 3.63) is 42.3 Å². The molecule has 9 nitrogen and oxygen atoms in total. The zero-order chi connectivity index (χ0) is 16.5. The van der Waals surface area contributed by atoms with Gasteiger partial charge in [0.05, 0.1) is 11.9 Å². The minimum absolute atomic E-state index is 0.0198. The van der Waals surface area contributed by atoms with Gasteiger partial charge in [0.1, 0.15) is 5.69 Å². The van der Waals surface area contributed by atoms with Gasteiger partial charge in [-0.05, 0) is 13.3 Å². The second kappa shape index (κ2) is 5.84. The molecule has 4 rings (SSSR count). The van der Waals surface area contributed by atoms with Crippen LogP contribution in [-0.2, 0) is 0 Å². The lowest BCUT2D eigenvalue weighted by molar-refractivity contribution is 0.0758. The van der Waals surface area contributed by atoms with Gasteiger partial charge in [0.15, 0.2) is 12.2 Å². The molecule has 0 saturated carbocycles. The first-order valence-electron chi connectivity index (χ1n) is 7.51. The minimum atomic E-state index is -0.162. The Kier molecular flexibility index (Phi) is 3.52. The van der Waals surface area contributed by atoms with Crippen LogP contribution in [0.3, 0.4) is 0 Å². The third-order valence-electron chi connectivity index (χ3n) is 4.00. The Morgan fingerprint density at radius 3 is 3.00 bits per heavy atom. The van der Waals surface area contributed by atoms with Crippen LogP contribution in [0.15, 0.2) is 33.9 Å². The summed E-state index contributed by atoms with van der Waals surface area (Å²) in [4.78, 5) is 30.6. The zero-order valence-electron chi connectivity index (χ0n) is 12.9. The monoisotopic (exact) mass is 326 g/mol. The Hall–Kier alpha value is -3.10. The maximum absolute atomic E-state index is 12.4. The summed E-state index contributed by atoms with van der Waals surface area (Å²) in [6, 6.07) is 0. The molecule has 1 aliphatic heterocycles. The number of nitrogens with zero attached hydrogens (tertiary/aromatic N) is 6. The number of aromatic nitrogens is 5. The second-order valence-corrected chi connectivity index (χ2v) is 5.55. The van der Waals surface area contributed by atoms with Gasteiger partial charge in [-0.2, -0.15) is 4.98 Å². The van der Waals surface area contributed by atoms with Crippen LogP contribution < -0.4 is 0 Å². The van der Waals surface area contributed by atoms with Gasteiger partial charge in [-0.1, -0.05) is 5.16 Å². The zero-order valence-corrected chi connectivity index (χ0v) is 12.9. The number of likely N-dealkylation sites (tertiary alicyclic amines) is 1. The summed E-state index contributed by atoms with van der Waals surface area (Å²) in [6.07, 6.45) is 6.75. The van der Waals surface area contributed by atoms with E-state index in [1.54, 1.807) is 30.4 Å². The summed E-state index contributed by atoms with van der Waals surface area (Å²) in [6.45, 7) is 2.87. The first kappa shape index (κ1) is 14.5. The van der Waals surface area contributed by atoms with Gasteiger partial charge < -0.3 is 13.8 Å². The highest BCUT2D eigenvalue weighted by molar-refractivity contribution is 5.92. The molecule has 1 unspecified atom stereocenters. The molecule has 1 atom stereocenters. The largest absolute Gasteiger partial charge is 0.438 e. The summed E-state index contributed by atoms with van der Waals surface area (Å²) in [7, 11) is 0. The number of oxazole rings is 1. The van der Waals surface area contributed by atoms with E-state index in [-0.39, 0.29) is 17.6 Å². The van der Waals surface area contributed by atoms with E-state index in [0.717, 1.165) is 6.42 Å². The van der Waals surface area contributed by atoms with Crippen molar-refractivity contribution in [2.24, 2.45) is 0 Å². The van der Waals surface area contributed by atoms with E-state index in [9.17, 15) is 4.79 Å². The van der Waals surface area contributed by atoms with Gasteiger partial charge in [0.2, 0.25) is 5.76 Å². The van der Waals surface area contributed by atoms with Gasteiger partial charge in [-0.25, -0.2) is 9.97 Å². The number of hydrogen-bond donors (Lipinski definition) is 0. The Bertz CT molecular complexity index is 859. The number of rotatable bonds is 3. The molecule has 122 valence electrons. The number of aryl methyl sites for hydroxylation is 1. The standard InChI is InChI=1S/C15H14N6O3/c1-9-12(23-8-18-9)15(22)21-5-2-10(7-21)13-19-14(24-20-13)11-6-16-3-4-17-11/h3-4,6,8,10H,2,5,7H2,1H3. The van der Waals surface area contributed by atoms with E-state index in [1.807, 2.05) is 0 Å². The van der Waals surface area contributed by atoms with E-state index in [0.29, 0.717) is 36.2 Å². The predicted molar refractivity (Wildman–Crippen MR) is 79.8 cm³/mol. The van der Waals surface area contributed by atoms with E-state index in [2.05, 4.69) is 25.1 Å². The number of carbonyl (C=O) groups excluding carboxylic acids is 1. The van der Waals surface area contributed by atoms with Crippen LogP contribution in [0.2, 0.25) is 0 Å². The highest BCUT2D eigenvalue weighted by Gasteiger charge is 2.33. The quantitative estimate of drug-likeness (QED) is 0.711. The molecule has 0 N–H and O–H groups in total. The predicted octanol–water partition coefficient (Wildman–Crippen LogP) is 1.45. The molecular weight excluding hydrogens is 312 g/mol. The molecule has 0 bridgehead atoms. The number of amides is 1. The molecule has 3 aromatic rings. The minimum Gasteiger partial charge on any atom is -0.438 e. The highest BCUT2D eigenvalue weighted by atomic mass is 16.5. The number of hydrogen-bond acceptors (Lipinski definition) is 8.